The van der Waals surface area contributed by atoms with E-state index >= 15 is 0 Å². The van der Waals surface area contributed by atoms with Gasteiger partial charge in [0.05, 0.1) is 13.7 Å². The van der Waals surface area contributed by atoms with E-state index in [1.54, 1.807) is 7.11 Å². The molecule has 3 rings (SSSR count). The quantitative estimate of drug-likeness (QED) is 0.365. The Morgan fingerprint density at radius 2 is 1.83 bits per heavy atom. The van der Waals surface area contributed by atoms with E-state index in [0.717, 1.165) is 48.1 Å². The summed E-state index contributed by atoms with van der Waals surface area (Å²) in [4.78, 5) is 4.74. The van der Waals surface area contributed by atoms with Crippen LogP contribution in [0.4, 0.5) is 0 Å². The molecule has 2 N–H and O–H groups in total. The summed E-state index contributed by atoms with van der Waals surface area (Å²) in [6, 6.07) is 8.08. The molecule has 1 aromatic carbocycles. The van der Waals surface area contributed by atoms with Crippen LogP contribution in [0.25, 0.3) is 0 Å². The molecule has 2 aliphatic carbocycles. The monoisotopic (exact) mass is 443 g/mol. The molecule has 0 heterocycles. The maximum absolute atomic E-state index is 5.41. The fraction of sp³-hybridized carbons (Fsp3) is 0.632. The van der Waals surface area contributed by atoms with Crippen molar-refractivity contribution >= 4 is 29.9 Å². The molecular formula is C19H30IN3O. The minimum Gasteiger partial charge on any atom is -0.496 e. The lowest BCUT2D eigenvalue weighted by molar-refractivity contribution is 0.400. The number of halogens is 1. The van der Waals surface area contributed by atoms with E-state index in [2.05, 4.69) is 23.6 Å². The molecule has 5 heteroatoms. The zero-order valence-electron chi connectivity index (χ0n) is 14.8. The second-order valence-electron chi connectivity index (χ2n) is 6.73. The molecule has 2 saturated carbocycles. The number of ether oxygens (including phenoxy) is 1. The molecule has 24 heavy (non-hydrogen) atoms. The van der Waals surface area contributed by atoms with Gasteiger partial charge in [-0.3, -0.25) is 0 Å². The minimum absolute atomic E-state index is 0. The standard InChI is InChI=1S/C19H29N3O.HI/c1-3-20-19(21-12-16-6-4-5-7-18(16)23-2)22-13-17(14-8-9-14)15-10-11-15;/h4-7,14-15,17H,3,8-13H2,1-2H3,(H2,20,21,22);1H. The van der Waals surface area contributed by atoms with E-state index in [1.807, 2.05) is 18.2 Å². The first-order valence-electron chi connectivity index (χ1n) is 8.96. The third-order valence-electron chi connectivity index (χ3n) is 4.90. The largest absolute Gasteiger partial charge is 0.496 e. The highest BCUT2D eigenvalue weighted by atomic mass is 127. The molecule has 0 saturated heterocycles. The van der Waals surface area contributed by atoms with E-state index in [-0.39, 0.29) is 24.0 Å². The van der Waals surface area contributed by atoms with E-state index in [0.29, 0.717) is 6.54 Å². The van der Waals surface area contributed by atoms with Gasteiger partial charge in [0.25, 0.3) is 0 Å². The number of hydrogen-bond donors (Lipinski definition) is 2. The van der Waals surface area contributed by atoms with Gasteiger partial charge in [-0.1, -0.05) is 18.2 Å². The smallest absolute Gasteiger partial charge is 0.191 e. The van der Waals surface area contributed by atoms with Gasteiger partial charge in [-0.25, -0.2) is 4.99 Å². The van der Waals surface area contributed by atoms with Crippen LogP contribution in [0.1, 0.15) is 38.2 Å². The van der Waals surface area contributed by atoms with E-state index in [1.165, 1.54) is 25.7 Å². The Balaban J connectivity index is 0.00000208. The summed E-state index contributed by atoms with van der Waals surface area (Å²) in [5, 5.41) is 6.93. The summed E-state index contributed by atoms with van der Waals surface area (Å²) in [6.07, 6.45) is 5.71. The molecule has 0 aromatic heterocycles. The van der Waals surface area contributed by atoms with Gasteiger partial charge in [0.1, 0.15) is 5.75 Å². The second kappa shape index (κ2) is 9.49. The van der Waals surface area contributed by atoms with Crippen LogP contribution < -0.4 is 15.4 Å². The van der Waals surface area contributed by atoms with Gasteiger partial charge in [-0.15, -0.1) is 24.0 Å². The van der Waals surface area contributed by atoms with Crippen molar-refractivity contribution in [2.24, 2.45) is 22.7 Å². The fourth-order valence-electron chi connectivity index (χ4n) is 3.32. The Bertz CT molecular complexity index is 529. The Morgan fingerprint density at radius 1 is 1.17 bits per heavy atom. The third-order valence-corrected chi connectivity index (χ3v) is 4.90. The predicted molar refractivity (Wildman–Crippen MR) is 110 cm³/mol. The van der Waals surface area contributed by atoms with Crippen LogP contribution in [0.5, 0.6) is 5.75 Å². The summed E-state index contributed by atoms with van der Waals surface area (Å²) < 4.78 is 5.41. The molecule has 4 nitrogen and oxygen atoms in total. The molecule has 0 atom stereocenters. The summed E-state index contributed by atoms with van der Waals surface area (Å²) in [5.41, 5.74) is 1.12. The molecule has 0 bridgehead atoms. The van der Waals surface area contributed by atoms with Gasteiger partial charge in [0, 0.05) is 18.7 Å². The number of benzene rings is 1. The van der Waals surface area contributed by atoms with Crippen LogP contribution in [0.3, 0.4) is 0 Å². The highest BCUT2D eigenvalue weighted by molar-refractivity contribution is 14.0. The third kappa shape index (κ3) is 5.53. The molecule has 0 aliphatic heterocycles. The topological polar surface area (TPSA) is 45.7 Å². The van der Waals surface area contributed by atoms with Crippen molar-refractivity contribution in [3.8, 4) is 5.75 Å². The zero-order chi connectivity index (χ0) is 16.1. The summed E-state index contributed by atoms with van der Waals surface area (Å²) in [6.45, 7) is 4.69. The molecule has 2 fully saturated rings. The van der Waals surface area contributed by atoms with Crippen molar-refractivity contribution < 1.29 is 4.74 Å². The maximum Gasteiger partial charge on any atom is 0.191 e. The van der Waals surface area contributed by atoms with Crippen molar-refractivity contribution in [3.63, 3.8) is 0 Å². The first-order valence-corrected chi connectivity index (χ1v) is 8.96. The van der Waals surface area contributed by atoms with Crippen molar-refractivity contribution in [1.29, 1.82) is 0 Å². The van der Waals surface area contributed by atoms with E-state index in [4.69, 9.17) is 9.73 Å². The van der Waals surface area contributed by atoms with Crippen LogP contribution in [0, 0.1) is 17.8 Å². The van der Waals surface area contributed by atoms with Gasteiger partial charge in [-0.05, 0) is 56.4 Å². The van der Waals surface area contributed by atoms with Crippen LogP contribution in [-0.2, 0) is 6.54 Å². The lowest BCUT2D eigenvalue weighted by Crippen LogP contribution is -2.40. The molecule has 0 unspecified atom stereocenters. The summed E-state index contributed by atoms with van der Waals surface area (Å²) >= 11 is 0. The van der Waals surface area contributed by atoms with Crippen LogP contribution in [0.2, 0.25) is 0 Å². The molecule has 134 valence electrons. The Kier molecular flexibility index (Phi) is 7.65. The van der Waals surface area contributed by atoms with Crippen LogP contribution in [0.15, 0.2) is 29.3 Å². The van der Waals surface area contributed by atoms with Gasteiger partial charge < -0.3 is 15.4 Å². The zero-order valence-corrected chi connectivity index (χ0v) is 17.1. The molecule has 0 radical (unpaired) electrons. The van der Waals surface area contributed by atoms with Gasteiger partial charge in [0.15, 0.2) is 5.96 Å². The van der Waals surface area contributed by atoms with Gasteiger partial charge >= 0.3 is 0 Å². The van der Waals surface area contributed by atoms with Crippen LogP contribution >= 0.6 is 24.0 Å². The number of nitrogens with one attached hydrogen (secondary N) is 2. The highest BCUT2D eigenvalue weighted by Crippen LogP contribution is 2.48. The van der Waals surface area contributed by atoms with Crippen molar-refractivity contribution in [3.05, 3.63) is 29.8 Å². The SMILES string of the molecule is CCNC(=NCc1ccccc1OC)NCC(C1CC1)C1CC1.I. The number of rotatable bonds is 8. The van der Waals surface area contributed by atoms with Crippen LogP contribution in [-0.4, -0.2) is 26.2 Å². The fourth-order valence-corrected chi connectivity index (χ4v) is 3.32. The number of guanidine groups is 1. The van der Waals surface area contributed by atoms with Gasteiger partial charge in [0.2, 0.25) is 0 Å². The molecule has 1 aromatic rings. The summed E-state index contributed by atoms with van der Waals surface area (Å²) in [7, 11) is 1.71. The van der Waals surface area contributed by atoms with Gasteiger partial charge in [-0.2, -0.15) is 0 Å². The van der Waals surface area contributed by atoms with Crippen molar-refractivity contribution in [2.45, 2.75) is 39.2 Å². The predicted octanol–water partition coefficient (Wildman–Crippen LogP) is 3.80. The number of hydrogen-bond acceptors (Lipinski definition) is 2. The lowest BCUT2D eigenvalue weighted by Gasteiger charge is -2.18. The van der Waals surface area contributed by atoms with E-state index < -0.39 is 0 Å². The molecular weight excluding hydrogens is 413 g/mol. The average molecular weight is 443 g/mol. The Hall–Kier alpha value is -0.980. The number of methoxy groups -OCH3 is 1. The second-order valence-corrected chi connectivity index (χ2v) is 6.73. The Morgan fingerprint density at radius 3 is 2.42 bits per heavy atom. The summed E-state index contributed by atoms with van der Waals surface area (Å²) in [5.74, 6) is 4.61. The molecule has 0 spiro atoms. The lowest BCUT2D eigenvalue weighted by atomic mass is 9.98. The molecule has 0 amide bonds. The number of para-hydroxylation sites is 1. The first kappa shape index (κ1) is 19.3. The normalized spacial score (nSPS) is 17.4. The maximum atomic E-state index is 5.41. The Labute approximate surface area is 162 Å². The highest BCUT2D eigenvalue weighted by Gasteiger charge is 2.41. The average Bonchev–Trinajstić information content (AvgIpc) is 3.46. The van der Waals surface area contributed by atoms with Crippen molar-refractivity contribution in [1.82, 2.24) is 10.6 Å². The number of nitrogens with zero attached hydrogens (tertiary/aromatic N) is 1. The molecule has 2 aliphatic rings. The van der Waals surface area contributed by atoms with E-state index in [9.17, 15) is 0 Å². The first-order chi connectivity index (χ1) is 11.3. The van der Waals surface area contributed by atoms with Crippen molar-refractivity contribution in [2.75, 3.05) is 20.2 Å². The minimum atomic E-state index is 0. The number of aliphatic imine (C=N–C) groups is 1.